The molecule has 0 saturated carbocycles. The molecule has 1 aromatic carbocycles. The Morgan fingerprint density at radius 2 is 1.84 bits per heavy atom. The van der Waals surface area contributed by atoms with Crippen LogP contribution in [-0.2, 0) is 22.6 Å². The molecule has 0 aliphatic carbocycles. The van der Waals surface area contributed by atoms with E-state index in [-0.39, 0.29) is 0 Å². The van der Waals surface area contributed by atoms with Gasteiger partial charge >= 0.3 is 6.18 Å². The molecule has 1 aromatic rings. The lowest BCUT2D eigenvalue weighted by atomic mass is 10.1. The van der Waals surface area contributed by atoms with Crippen LogP contribution in [0.15, 0.2) is 23.1 Å². The van der Waals surface area contributed by atoms with E-state index in [1.807, 2.05) is 0 Å². The molecule has 0 heterocycles. The third-order valence-electron chi connectivity index (χ3n) is 2.44. The predicted molar refractivity (Wildman–Crippen MR) is 66.3 cm³/mol. The van der Waals surface area contributed by atoms with E-state index in [1.165, 1.54) is 6.07 Å². The zero-order valence-corrected chi connectivity index (χ0v) is 11.7. The van der Waals surface area contributed by atoms with E-state index in [4.69, 9.17) is 0 Å². The van der Waals surface area contributed by atoms with Crippen LogP contribution in [0.5, 0.6) is 0 Å². The van der Waals surface area contributed by atoms with Crippen molar-refractivity contribution in [2.24, 2.45) is 0 Å². The molecule has 0 aliphatic heterocycles. The van der Waals surface area contributed by atoms with E-state index in [1.54, 1.807) is 20.8 Å². The van der Waals surface area contributed by atoms with Crippen LogP contribution in [0, 0.1) is 0 Å². The van der Waals surface area contributed by atoms with Gasteiger partial charge in [0.05, 0.1) is 10.5 Å². The minimum Gasteiger partial charge on any atom is -0.209 e. The highest BCUT2D eigenvalue weighted by atomic mass is 32.2. The van der Waals surface area contributed by atoms with Crippen molar-refractivity contribution in [1.82, 2.24) is 4.72 Å². The highest BCUT2D eigenvalue weighted by molar-refractivity contribution is 7.89. The average Bonchev–Trinajstić information content (AvgIpc) is 2.25. The highest BCUT2D eigenvalue weighted by Crippen LogP contribution is 2.35. The van der Waals surface area contributed by atoms with Crippen LogP contribution in [0.3, 0.4) is 0 Å². The number of nitrogens with one attached hydrogen (secondary N) is 1. The maximum atomic E-state index is 12.9. The Balaban J connectivity index is 3.44. The third-order valence-corrected chi connectivity index (χ3v) is 4.15. The Hall–Kier alpha value is -1.08. The summed E-state index contributed by atoms with van der Waals surface area (Å²) in [7, 11) is -4.17. The van der Waals surface area contributed by atoms with Crippen molar-refractivity contribution in [3.05, 3.63) is 29.3 Å². The summed E-state index contributed by atoms with van der Waals surface area (Å²) in [6.45, 7) is 4.80. The van der Waals surface area contributed by atoms with Gasteiger partial charge in [-0.15, -0.1) is 0 Å². The lowest BCUT2D eigenvalue weighted by Crippen LogP contribution is -2.31. The molecule has 0 aliphatic rings. The molecule has 19 heavy (non-hydrogen) atoms. The summed E-state index contributed by atoms with van der Waals surface area (Å²) in [5.41, 5.74) is -0.684. The molecule has 0 spiro atoms. The Kier molecular flexibility index (Phi) is 4.63. The van der Waals surface area contributed by atoms with Crippen molar-refractivity contribution in [2.45, 2.75) is 44.3 Å². The second-order valence-electron chi connectivity index (χ2n) is 4.46. The fraction of sp³-hybridized carbons (Fsp3) is 0.500. The molecular formula is C12H16F3NO2S. The summed E-state index contributed by atoms with van der Waals surface area (Å²) in [6.07, 6.45) is -4.30. The van der Waals surface area contributed by atoms with Crippen molar-refractivity contribution in [3.63, 3.8) is 0 Å². The Labute approximate surface area is 110 Å². The molecule has 0 atom stereocenters. The van der Waals surface area contributed by atoms with Gasteiger partial charge < -0.3 is 0 Å². The van der Waals surface area contributed by atoms with Crippen LogP contribution in [0.4, 0.5) is 13.2 Å². The minimum atomic E-state index is -4.70. The summed E-state index contributed by atoms with van der Waals surface area (Å²) in [6, 6.07) is 2.81. The first-order valence-electron chi connectivity index (χ1n) is 5.80. The molecule has 0 aromatic heterocycles. The number of hydrogen-bond acceptors (Lipinski definition) is 2. The summed E-state index contributed by atoms with van der Waals surface area (Å²) >= 11 is 0. The van der Waals surface area contributed by atoms with Crippen molar-refractivity contribution < 1.29 is 21.6 Å². The lowest BCUT2D eigenvalue weighted by Gasteiger charge is -2.16. The van der Waals surface area contributed by atoms with Crippen LogP contribution in [0.25, 0.3) is 0 Å². The van der Waals surface area contributed by atoms with E-state index in [0.717, 1.165) is 12.1 Å². The van der Waals surface area contributed by atoms with Crippen LogP contribution in [0.1, 0.15) is 31.9 Å². The first-order chi connectivity index (χ1) is 8.58. The minimum absolute atomic E-state index is 0.404. The number of aryl methyl sites for hydroxylation is 1. The zero-order chi connectivity index (χ0) is 14.8. The largest absolute Gasteiger partial charge is 0.417 e. The zero-order valence-electron chi connectivity index (χ0n) is 10.9. The van der Waals surface area contributed by atoms with E-state index < -0.39 is 32.7 Å². The lowest BCUT2D eigenvalue weighted by molar-refractivity contribution is -0.139. The second kappa shape index (κ2) is 5.50. The predicted octanol–water partition coefficient (Wildman–Crippen LogP) is 2.95. The number of alkyl halides is 3. The molecule has 1 rings (SSSR count). The fourth-order valence-electron chi connectivity index (χ4n) is 1.63. The van der Waals surface area contributed by atoms with Gasteiger partial charge in [-0.2, -0.15) is 13.2 Å². The van der Waals surface area contributed by atoms with Crippen molar-refractivity contribution in [2.75, 3.05) is 0 Å². The SMILES string of the molecule is CCc1ccc(S(=O)(=O)NC(C)C)c(C(F)(F)F)c1. The van der Waals surface area contributed by atoms with Gasteiger partial charge in [0, 0.05) is 6.04 Å². The van der Waals surface area contributed by atoms with E-state index >= 15 is 0 Å². The van der Waals surface area contributed by atoms with Gasteiger partial charge in [0.25, 0.3) is 0 Å². The normalized spacial score (nSPS) is 13.0. The van der Waals surface area contributed by atoms with Gasteiger partial charge in [-0.3, -0.25) is 0 Å². The smallest absolute Gasteiger partial charge is 0.209 e. The number of rotatable bonds is 4. The van der Waals surface area contributed by atoms with Gasteiger partial charge in [-0.05, 0) is 38.0 Å². The van der Waals surface area contributed by atoms with E-state index in [9.17, 15) is 21.6 Å². The Morgan fingerprint density at radius 3 is 2.26 bits per heavy atom. The summed E-state index contributed by atoms with van der Waals surface area (Å²) in [5.74, 6) is 0. The average molecular weight is 295 g/mol. The number of hydrogen-bond donors (Lipinski definition) is 1. The van der Waals surface area contributed by atoms with Crippen molar-refractivity contribution in [1.29, 1.82) is 0 Å². The molecule has 108 valence electrons. The molecule has 0 saturated heterocycles. The second-order valence-corrected chi connectivity index (χ2v) is 6.14. The van der Waals surface area contributed by atoms with Crippen LogP contribution >= 0.6 is 0 Å². The molecule has 0 bridgehead atoms. The van der Waals surface area contributed by atoms with Gasteiger partial charge in [-0.25, -0.2) is 13.1 Å². The molecule has 1 N–H and O–H groups in total. The van der Waals surface area contributed by atoms with Gasteiger partial charge in [0.15, 0.2) is 0 Å². The molecule has 0 unspecified atom stereocenters. The first kappa shape index (κ1) is 16.0. The van der Waals surface area contributed by atoms with Crippen molar-refractivity contribution in [3.8, 4) is 0 Å². The maximum Gasteiger partial charge on any atom is 0.417 e. The van der Waals surface area contributed by atoms with Crippen LogP contribution in [-0.4, -0.2) is 14.5 Å². The van der Waals surface area contributed by atoms with Gasteiger partial charge in [0.2, 0.25) is 10.0 Å². The van der Waals surface area contributed by atoms with Gasteiger partial charge in [0.1, 0.15) is 0 Å². The number of benzene rings is 1. The monoisotopic (exact) mass is 295 g/mol. The molecule has 0 fully saturated rings. The van der Waals surface area contributed by atoms with E-state index in [2.05, 4.69) is 4.72 Å². The molecule has 7 heteroatoms. The quantitative estimate of drug-likeness (QED) is 0.928. The molecule has 0 amide bonds. The molecule has 3 nitrogen and oxygen atoms in total. The number of halogens is 3. The van der Waals surface area contributed by atoms with E-state index in [0.29, 0.717) is 12.0 Å². The van der Waals surface area contributed by atoms with Crippen molar-refractivity contribution >= 4 is 10.0 Å². The maximum absolute atomic E-state index is 12.9. The summed E-state index contributed by atoms with van der Waals surface area (Å²) in [5, 5.41) is 0. The topological polar surface area (TPSA) is 46.2 Å². The third kappa shape index (κ3) is 3.94. The summed E-state index contributed by atoms with van der Waals surface area (Å²) < 4.78 is 64.8. The first-order valence-corrected chi connectivity index (χ1v) is 7.28. The highest BCUT2D eigenvalue weighted by Gasteiger charge is 2.37. The number of sulfonamides is 1. The molecular weight excluding hydrogens is 279 g/mol. The Morgan fingerprint density at radius 1 is 1.26 bits per heavy atom. The van der Waals surface area contributed by atoms with Crippen LogP contribution in [0.2, 0.25) is 0 Å². The molecule has 0 radical (unpaired) electrons. The fourth-order valence-corrected chi connectivity index (χ4v) is 3.09. The summed E-state index contributed by atoms with van der Waals surface area (Å²) in [4.78, 5) is -0.731. The van der Waals surface area contributed by atoms with Crippen LogP contribution < -0.4 is 4.72 Å². The van der Waals surface area contributed by atoms with Gasteiger partial charge in [-0.1, -0.05) is 13.0 Å². The standard InChI is InChI=1S/C12H16F3NO2S/c1-4-9-5-6-11(10(7-9)12(13,14)15)19(17,18)16-8(2)3/h5-8,16H,4H2,1-3H3. The Bertz CT molecular complexity index is 551.